The lowest BCUT2D eigenvalue weighted by Crippen LogP contribution is -2.41. The van der Waals surface area contributed by atoms with Crippen molar-refractivity contribution >= 4 is 17.8 Å². The highest BCUT2D eigenvalue weighted by Crippen LogP contribution is 2.46. The minimum Gasteiger partial charge on any atom is -0.481 e. The summed E-state index contributed by atoms with van der Waals surface area (Å²) in [6, 6.07) is 8.03. The van der Waals surface area contributed by atoms with Crippen molar-refractivity contribution in [1.82, 2.24) is 19.8 Å². The monoisotopic (exact) mass is 400 g/mol. The number of amides is 2. The lowest BCUT2D eigenvalue weighted by atomic mass is 9.89. The number of rotatable bonds is 3. The molecule has 9 heteroatoms. The van der Waals surface area contributed by atoms with Gasteiger partial charge in [0.25, 0.3) is 0 Å². The van der Waals surface area contributed by atoms with Crippen molar-refractivity contribution < 1.29 is 13.9 Å². The average molecular weight is 400 g/mol. The van der Waals surface area contributed by atoms with E-state index in [1.54, 1.807) is 31.1 Å². The number of nitrogen functional groups attached to an aromatic ring is 1. The molecule has 2 fully saturated rings. The van der Waals surface area contributed by atoms with Crippen LogP contribution in [0.2, 0.25) is 0 Å². The average Bonchev–Trinajstić information content (AvgIpc) is 3.24. The number of fused-ring (bicyclic) bond motifs is 1. The maximum atomic E-state index is 14.0. The van der Waals surface area contributed by atoms with Crippen molar-refractivity contribution in [2.24, 2.45) is 11.8 Å². The second kappa shape index (κ2) is 7.38. The summed E-state index contributed by atoms with van der Waals surface area (Å²) in [6.07, 6.45) is 0. The number of anilines is 2. The van der Waals surface area contributed by atoms with Gasteiger partial charge in [0.15, 0.2) is 0 Å². The minimum absolute atomic E-state index is 0.0619. The number of likely N-dealkylation sites (tertiary alicyclic amines) is 1. The molecule has 0 saturated carbocycles. The summed E-state index contributed by atoms with van der Waals surface area (Å²) in [5, 5.41) is 0. The lowest BCUT2D eigenvalue weighted by Gasteiger charge is -2.32. The Labute approximate surface area is 169 Å². The van der Waals surface area contributed by atoms with Gasteiger partial charge in [-0.1, -0.05) is 12.1 Å². The van der Waals surface area contributed by atoms with Gasteiger partial charge in [-0.15, -0.1) is 0 Å². The van der Waals surface area contributed by atoms with Crippen LogP contribution < -0.4 is 15.4 Å². The third-order valence-electron chi connectivity index (χ3n) is 5.72. The molecule has 1 aromatic heterocycles. The molecule has 2 aliphatic rings. The molecule has 2 saturated heterocycles. The molecule has 154 valence electrons. The molecule has 0 spiro atoms. The van der Waals surface area contributed by atoms with Crippen LogP contribution in [0.1, 0.15) is 11.6 Å². The van der Waals surface area contributed by atoms with Gasteiger partial charge in [-0.05, 0) is 17.7 Å². The first-order valence-corrected chi connectivity index (χ1v) is 9.54. The number of carbonyl (C=O) groups excluding carboxylic acids is 1. The van der Waals surface area contributed by atoms with Crippen LogP contribution >= 0.6 is 0 Å². The van der Waals surface area contributed by atoms with Crippen molar-refractivity contribution in [3.05, 3.63) is 41.7 Å². The third-order valence-corrected chi connectivity index (χ3v) is 5.72. The maximum absolute atomic E-state index is 14.0. The van der Waals surface area contributed by atoms with Gasteiger partial charge >= 0.3 is 6.03 Å². The van der Waals surface area contributed by atoms with Crippen LogP contribution in [0.4, 0.5) is 21.0 Å². The van der Waals surface area contributed by atoms with E-state index < -0.39 is 0 Å². The molecule has 4 rings (SSSR count). The second-order valence-electron chi connectivity index (χ2n) is 7.78. The first-order chi connectivity index (χ1) is 13.9. The minimum atomic E-state index is -0.300. The number of methoxy groups -OCH3 is 1. The number of aromatic nitrogens is 2. The zero-order valence-electron chi connectivity index (χ0n) is 16.7. The Hall–Kier alpha value is -3.10. The molecule has 8 nitrogen and oxygen atoms in total. The van der Waals surface area contributed by atoms with Crippen molar-refractivity contribution in [1.29, 1.82) is 0 Å². The standard InChI is InChI=1S/C20H25FN6O2/c1-25(2)20(28)27-10-13-9-26(16-8-17(29-3)24-19(22)23-16)11-15(13)18(27)12-5-4-6-14(21)7-12/h4-8,13,15,18H,9-11H2,1-3H3,(H2,22,23,24)/t13-,15-,18-/m1/s1. The van der Waals surface area contributed by atoms with E-state index in [1.165, 1.54) is 19.2 Å². The van der Waals surface area contributed by atoms with Crippen LogP contribution in [0.3, 0.4) is 0 Å². The molecule has 2 aromatic rings. The molecule has 0 aliphatic carbocycles. The zero-order chi connectivity index (χ0) is 20.7. The highest BCUT2D eigenvalue weighted by atomic mass is 19.1. The van der Waals surface area contributed by atoms with E-state index in [9.17, 15) is 9.18 Å². The molecule has 2 amide bonds. The number of urea groups is 1. The summed E-state index contributed by atoms with van der Waals surface area (Å²) < 4.78 is 19.2. The maximum Gasteiger partial charge on any atom is 0.320 e. The predicted octanol–water partition coefficient (Wildman–Crippen LogP) is 2.00. The first kappa shape index (κ1) is 19.2. The highest BCUT2D eigenvalue weighted by Gasteiger charge is 2.50. The smallest absolute Gasteiger partial charge is 0.320 e. The molecule has 3 atom stereocenters. The number of benzene rings is 1. The van der Waals surface area contributed by atoms with Gasteiger partial charge in [0, 0.05) is 51.6 Å². The van der Waals surface area contributed by atoms with Gasteiger partial charge in [-0.25, -0.2) is 9.18 Å². The van der Waals surface area contributed by atoms with E-state index in [-0.39, 0.29) is 35.7 Å². The lowest BCUT2D eigenvalue weighted by molar-refractivity contribution is 0.159. The topological polar surface area (TPSA) is 87.8 Å². The van der Waals surface area contributed by atoms with E-state index in [0.29, 0.717) is 24.8 Å². The molecule has 3 heterocycles. The fraction of sp³-hybridized carbons (Fsp3) is 0.450. The summed E-state index contributed by atoms with van der Waals surface area (Å²) in [5.74, 6) is 1.37. The van der Waals surface area contributed by atoms with Gasteiger partial charge in [0.1, 0.15) is 11.6 Å². The summed E-state index contributed by atoms with van der Waals surface area (Å²) in [5.41, 5.74) is 6.63. The van der Waals surface area contributed by atoms with Crippen molar-refractivity contribution in [3.8, 4) is 5.88 Å². The number of hydrogen-bond acceptors (Lipinski definition) is 6. The van der Waals surface area contributed by atoms with Gasteiger partial charge in [0.2, 0.25) is 11.8 Å². The highest BCUT2D eigenvalue weighted by molar-refractivity contribution is 5.75. The summed E-state index contributed by atoms with van der Waals surface area (Å²) in [6.45, 7) is 2.02. The van der Waals surface area contributed by atoms with Crippen LogP contribution in [-0.4, -0.2) is 66.6 Å². The fourth-order valence-corrected chi connectivity index (χ4v) is 4.50. The Bertz CT molecular complexity index is 924. The Morgan fingerprint density at radius 3 is 2.72 bits per heavy atom. The predicted molar refractivity (Wildman–Crippen MR) is 107 cm³/mol. The van der Waals surface area contributed by atoms with E-state index in [1.807, 2.05) is 11.0 Å². The molecular formula is C20H25FN6O2. The van der Waals surface area contributed by atoms with Gasteiger partial charge in [0.05, 0.1) is 13.2 Å². The van der Waals surface area contributed by atoms with Crippen LogP contribution in [-0.2, 0) is 0 Å². The molecule has 2 N–H and O–H groups in total. The van der Waals surface area contributed by atoms with Crippen LogP contribution in [0.15, 0.2) is 30.3 Å². The largest absolute Gasteiger partial charge is 0.481 e. The molecule has 29 heavy (non-hydrogen) atoms. The number of halogens is 1. The molecule has 0 radical (unpaired) electrons. The van der Waals surface area contributed by atoms with E-state index in [2.05, 4.69) is 14.9 Å². The van der Waals surface area contributed by atoms with E-state index in [0.717, 1.165) is 12.1 Å². The Kier molecular flexibility index (Phi) is 4.89. The second-order valence-corrected chi connectivity index (χ2v) is 7.78. The molecule has 0 bridgehead atoms. The van der Waals surface area contributed by atoms with E-state index in [4.69, 9.17) is 10.5 Å². The van der Waals surface area contributed by atoms with Crippen LogP contribution in [0.5, 0.6) is 5.88 Å². The molecular weight excluding hydrogens is 375 g/mol. The van der Waals surface area contributed by atoms with Crippen molar-refractivity contribution in [2.75, 3.05) is 51.5 Å². The molecule has 0 unspecified atom stereocenters. The Morgan fingerprint density at radius 2 is 2.03 bits per heavy atom. The third kappa shape index (κ3) is 3.52. The molecule has 1 aromatic carbocycles. The quantitative estimate of drug-likeness (QED) is 0.848. The van der Waals surface area contributed by atoms with Crippen molar-refractivity contribution in [3.63, 3.8) is 0 Å². The number of carbonyl (C=O) groups is 1. The summed E-state index contributed by atoms with van der Waals surface area (Å²) >= 11 is 0. The number of ether oxygens (including phenoxy) is 1. The Morgan fingerprint density at radius 1 is 1.24 bits per heavy atom. The zero-order valence-corrected chi connectivity index (χ0v) is 16.7. The number of nitrogens with zero attached hydrogens (tertiary/aromatic N) is 5. The van der Waals surface area contributed by atoms with Gasteiger partial charge in [-0.2, -0.15) is 9.97 Å². The van der Waals surface area contributed by atoms with Gasteiger partial charge < -0.3 is 25.2 Å². The van der Waals surface area contributed by atoms with Gasteiger partial charge in [-0.3, -0.25) is 0 Å². The first-order valence-electron chi connectivity index (χ1n) is 9.54. The Balaban J connectivity index is 1.65. The molecule has 2 aliphatic heterocycles. The van der Waals surface area contributed by atoms with Crippen LogP contribution in [0, 0.1) is 17.7 Å². The number of nitrogens with two attached hydrogens (primary N) is 1. The fourth-order valence-electron chi connectivity index (χ4n) is 4.50. The van der Waals surface area contributed by atoms with E-state index >= 15 is 0 Å². The SMILES string of the molecule is COc1cc(N2C[C@@H]3CN(C(=O)N(C)C)[C@H](c4cccc(F)c4)[C@@H]3C2)nc(N)n1. The normalized spacial score (nSPS) is 23.2. The van der Waals surface area contributed by atoms with Crippen molar-refractivity contribution in [2.45, 2.75) is 6.04 Å². The summed E-state index contributed by atoms with van der Waals surface area (Å²) in [4.78, 5) is 26.8. The number of hydrogen-bond donors (Lipinski definition) is 1. The van der Waals surface area contributed by atoms with Crippen LogP contribution in [0.25, 0.3) is 0 Å². The summed E-state index contributed by atoms with van der Waals surface area (Å²) in [7, 11) is 5.01.